The van der Waals surface area contributed by atoms with E-state index in [2.05, 4.69) is 10.3 Å². The molecule has 0 unspecified atom stereocenters. The minimum absolute atomic E-state index is 0.115. The summed E-state index contributed by atoms with van der Waals surface area (Å²) in [6.07, 6.45) is 1.74. The van der Waals surface area contributed by atoms with Crippen LogP contribution in [-0.2, 0) is 16.8 Å². The van der Waals surface area contributed by atoms with E-state index < -0.39 is 17.2 Å². The number of hydrogen-bond donors (Lipinski definition) is 1. The fraction of sp³-hybridized carbons (Fsp3) is 0.304. The molecule has 0 saturated carbocycles. The van der Waals surface area contributed by atoms with Gasteiger partial charge >= 0.3 is 0 Å². The van der Waals surface area contributed by atoms with E-state index in [0.29, 0.717) is 30.6 Å². The molecule has 0 radical (unpaired) electrons. The Morgan fingerprint density at radius 1 is 1.10 bits per heavy atom. The van der Waals surface area contributed by atoms with Gasteiger partial charge in [0, 0.05) is 18.9 Å². The van der Waals surface area contributed by atoms with Crippen LogP contribution in [0.3, 0.4) is 0 Å². The molecule has 0 saturated heterocycles. The normalized spacial score (nSPS) is 13.2. The molecule has 2 aromatic carbocycles. The monoisotopic (exact) mass is 428 g/mol. The number of nitrogens with zero attached hydrogens (tertiary/aromatic N) is 1. The number of carbonyl (C=O) groups is 1. The number of hydrogen-bond acceptors (Lipinski definition) is 5. The summed E-state index contributed by atoms with van der Waals surface area (Å²) >= 11 is 0. The summed E-state index contributed by atoms with van der Waals surface area (Å²) in [4.78, 5) is 16.6. The van der Waals surface area contributed by atoms with Crippen LogP contribution < -0.4 is 14.8 Å². The number of amides is 1. The number of rotatable bonds is 6. The van der Waals surface area contributed by atoms with Gasteiger partial charge in [-0.2, -0.15) is 0 Å². The molecule has 0 spiro atoms. The largest absolute Gasteiger partial charge is 0.486 e. The fourth-order valence-electron chi connectivity index (χ4n) is 3.38. The number of carbonyl (C=O) groups excluding carboxylic acids is 1. The maximum absolute atomic E-state index is 13.9. The molecule has 162 valence electrons. The van der Waals surface area contributed by atoms with Crippen LogP contribution in [0.15, 0.2) is 47.0 Å². The van der Waals surface area contributed by atoms with Crippen LogP contribution in [0.4, 0.5) is 8.78 Å². The Hall–Kier alpha value is -3.42. The summed E-state index contributed by atoms with van der Waals surface area (Å²) < 4.78 is 43.7. The molecule has 1 aliphatic heterocycles. The van der Waals surface area contributed by atoms with E-state index >= 15 is 0 Å². The molecule has 3 aromatic rings. The van der Waals surface area contributed by atoms with E-state index in [-0.39, 0.29) is 30.1 Å². The first kappa shape index (κ1) is 20.8. The number of fused-ring (bicyclic) bond motifs is 1. The number of aromatic nitrogens is 1. The fourth-order valence-corrected chi connectivity index (χ4v) is 3.38. The maximum Gasteiger partial charge on any atom is 0.221 e. The van der Waals surface area contributed by atoms with Crippen molar-refractivity contribution in [3.63, 3.8) is 0 Å². The molecule has 0 bridgehead atoms. The van der Waals surface area contributed by atoms with Gasteiger partial charge in [0.2, 0.25) is 5.91 Å². The van der Waals surface area contributed by atoms with E-state index in [9.17, 15) is 13.6 Å². The second-order valence-corrected chi connectivity index (χ2v) is 7.77. The van der Waals surface area contributed by atoms with Crippen molar-refractivity contribution in [3.8, 4) is 22.8 Å². The van der Waals surface area contributed by atoms with Gasteiger partial charge in [0.1, 0.15) is 24.8 Å². The lowest BCUT2D eigenvalue weighted by Crippen LogP contribution is -2.41. The van der Waals surface area contributed by atoms with Crippen molar-refractivity contribution in [2.24, 2.45) is 0 Å². The van der Waals surface area contributed by atoms with Crippen molar-refractivity contribution in [2.45, 2.75) is 32.2 Å². The summed E-state index contributed by atoms with van der Waals surface area (Å²) in [5.74, 6) is 0.240. The Balaban J connectivity index is 1.37. The smallest absolute Gasteiger partial charge is 0.221 e. The third-order valence-electron chi connectivity index (χ3n) is 5.03. The molecular weight excluding hydrogens is 406 g/mol. The van der Waals surface area contributed by atoms with Gasteiger partial charge in [0.25, 0.3) is 0 Å². The van der Waals surface area contributed by atoms with Crippen molar-refractivity contribution >= 4 is 5.91 Å². The predicted molar refractivity (Wildman–Crippen MR) is 109 cm³/mol. The predicted octanol–water partition coefficient (Wildman–Crippen LogP) is 4.38. The van der Waals surface area contributed by atoms with Gasteiger partial charge in [-0.1, -0.05) is 6.07 Å². The lowest BCUT2D eigenvalue weighted by atomic mass is 9.93. The van der Waals surface area contributed by atoms with Crippen LogP contribution >= 0.6 is 0 Å². The van der Waals surface area contributed by atoms with Crippen molar-refractivity contribution in [2.75, 3.05) is 13.2 Å². The minimum Gasteiger partial charge on any atom is -0.486 e. The molecule has 0 aliphatic carbocycles. The Morgan fingerprint density at radius 2 is 1.87 bits per heavy atom. The van der Waals surface area contributed by atoms with E-state index in [1.807, 2.05) is 32.0 Å². The van der Waals surface area contributed by atoms with Crippen LogP contribution in [0.5, 0.6) is 11.5 Å². The average Bonchev–Trinajstić information content (AvgIpc) is 3.20. The third-order valence-corrected chi connectivity index (χ3v) is 5.03. The Labute approximate surface area is 178 Å². The van der Waals surface area contributed by atoms with Crippen molar-refractivity contribution < 1.29 is 27.5 Å². The molecule has 1 N–H and O–H groups in total. The van der Waals surface area contributed by atoms with E-state index in [1.54, 1.807) is 0 Å². The molecule has 2 heterocycles. The summed E-state index contributed by atoms with van der Waals surface area (Å²) in [6, 6.07) is 8.81. The molecule has 1 aromatic heterocycles. The van der Waals surface area contributed by atoms with E-state index in [0.717, 1.165) is 17.7 Å². The first-order valence-corrected chi connectivity index (χ1v) is 9.93. The van der Waals surface area contributed by atoms with Crippen LogP contribution in [-0.4, -0.2) is 24.1 Å². The van der Waals surface area contributed by atoms with E-state index in [4.69, 9.17) is 13.9 Å². The highest BCUT2D eigenvalue weighted by molar-refractivity contribution is 5.77. The summed E-state index contributed by atoms with van der Waals surface area (Å²) in [6.45, 7) is 4.81. The second-order valence-electron chi connectivity index (χ2n) is 7.77. The number of oxazole rings is 1. The quantitative estimate of drug-likeness (QED) is 0.631. The standard InChI is InChI=1S/C23H22F2N2O4/c1-23(2,14-3-6-18-19(11-14)30-10-9-29-18)27-21(28)7-8-22-26-13-20(31-22)16-5-4-15(24)12-17(16)25/h3-6,11-13H,7-10H2,1-2H3,(H,27,28). The topological polar surface area (TPSA) is 73.6 Å². The zero-order valence-electron chi connectivity index (χ0n) is 17.2. The molecule has 6 nitrogen and oxygen atoms in total. The Morgan fingerprint density at radius 3 is 2.65 bits per heavy atom. The van der Waals surface area contributed by atoms with Crippen LogP contribution in [0, 0.1) is 11.6 Å². The zero-order chi connectivity index (χ0) is 22.0. The third kappa shape index (κ3) is 4.68. The minimum atomic E-state index is -0.735. The first-order valence-electron chi connectivity index (χ1n) is 9.93. The maximum atomic E-state index is 13.9. The van der Waals surface area contributed by atoms with Crippen molar-refractivity contribution in [1.82, 2.24) is 10.3 Å². The van der Waals surface area contributed by atoms with Gasteiger partial charge in [-0.25, -0.2) is 13.8 Å². The van der Waals surface area contributed by atoms with Crippen LogP contribution in [0.2, 0.25) is 0 Å². The van der Waals surface area contributed by atoms with Gasteiger partial charge in [-0.15, -0.1) is 0 Å². The molecule has 0 atom stereocenters. The molecule has 31 heavy (non-hydrogen) atoms. The zero-order valence-corrected chi connectivity index (χ0v) is 17.2. The van der Waals surface area contributed by atoms with Gasteiger partial charge in [-0.05, 0) is 43.7 Å². The number of halogens is 2. The molecule has 1 aliphatic rings. The highest BCUT2D eigenvalue weighted by Gasteiger charge is 2.25. The van der Waals surface area contributed by atoms with Crippen LogP contribution in [0.25, 0.3) is 11.3 Å². The molecular formula is C23H22F2N2O4. The summed E-state index contributed by atoms with van der Waals surface area (Å²) in [7, 11) is 0. The highest BCUT2D eigenvalue weighted by atomic mass is 19.1. The van der Waals surface area contributed by atoms with Gasteiger partial charge in [-0.3, -0.25) is 4.79 Å². The highest BCUT2D eigenvalue weighted by Crippen LogP contribution is 2.34. The average molecular weight is 428 g/mol. The van der Waals surface area contributed by atoms with Crippen LogP contribution in [0.1, 0.15) is 31.7 Å². The number of aryl methyl sites for hydroxylation is 1. The molecule has 0 fully saturated rings. The van der Waals surface area contributed by atoms with Crippen molar-refractivity contribution in [3.05, 3.63) is 65.7 Å². The number of nitrogens with one attached hydrogen (secondary N) is 1. The number of benzene rings is 2. The first-order chi connectivity index (χ1) is 14.8. The second kappa shape index (κ2) is 8.37. The molecule has 8 heteroatoms. The summed E-state index contributed by atoms with van der Waals surface area (Å²) in [5.41, 5.74) is 0.367. The molecule has 4 rings (SSSR count). The lowest BCUT2D eigenvalue weighted by molar-refractivity contribution is -0.122. The Kier molecular flexibility index (Phi) is 5.63. The lowest BCUT2D eigenvalue weighted by Gasteiger charge is -2.28. The van der Waals surface area contributed by atoms with Gasteiger partial charge in [0.05, 0.1) is 17.3 Å². The van der Waals surface area contributed by atoms with E-state index in [1.165, 1.54) is 12.3 Å². The van der Waals surface area contributed by atoms with Gasteiger partial charge in [0.15, 0.2) is 23.1 Å². The molecule has 1 amide bonds. The van der Waals surface area contributed by atoms with Crippen molar-refractivity contribution in [1.29, 1.82) is 0 Å². The Bertz CT molecular complexity index is 1110. The number of ether oxygens (including phenoxy) is 2. The summed E-state index contributed by atoms with van der Waals surface area (Å²) in [5, 5.41) is 3.00. The SMILES string of the molecule is CC(C)(NC(=O)CCc1ncc(-c2ccc(F)cc2F)o1)c1ccc2c(c1)OCCO2. The van der Waals surface area contributed by atoms with Gasteiger partial charge < -0.3 is 19.2 Å².